The summed E-state index contributed by atoms with van der Waals surface area (Å²) in [6, 6.07) is 16.8. The molecule has 2 N–H and O–H groups in total. The van der Waals surface area contributed by atoms with E-state index in [2.05, 4.69) is 10.4 Å². The molecular weight excluding hydrogens is 570 g/mol. The van der Waals surface area contributed by atoms with E-state index in [0.29, 0.717) is 10.9 Å². The molecule has 204 valence electrons. The van der Waals surface area contributed by atoms with Crippen LogP contribution in [0.5, 0.6) is 0 Å². The van der Waals surface area contributed by atoms with Gasteiger partial charge in [0, 0.05) is 28.3 Å². The molecule has 0 aliphatic rings. The Bertz CT molecular complexity index is 1880. The standard InChI is InChI=1S/C28H18ClN5O6S/c29-24-8-7-18(41-24)14-31-25-12-21(32-34(25)26(36)16-3-5-17(6-4-16)28(38)39)19-9-10-33(27(37)20(19)13-30)15-22(35)23-2-1-11-40-23/h1-12,31H,14-15H2,(H,38,39). The Kier molecular flexibility index (Phi) is 7.64. The number of benzene rings is 1. The van der Waals surface area contributed by atoms with Crippen molar-refractivity contribution in [3.05, 3.63) is 115 Å². The van der Waals surface area contributed by atoms with Crippen molar-refractivity contribution in [2.75, 3.05) is 5.32 Å². The molecule has 4 aromatic heterocycles. The maximum Gasteiger partial charge on any atom is 0.335 e. The van der Waals surface area contributed by atoms with Gasteiger partial charge in [-0.25, -0.2) is 4.79 Å². The zero-order chi connectivity index (χ0) is 29.1. The molecule has 0 radical (unpaired) electrons. The maximum absolute atomic E-state index is 13.4. The first-order valence-corrected chi connectivity index (χ1v) is 13.1. The van der Waals surface area contributed by atoms with Crippen molar-refractivity contribution < 1.29 is 23.9 Å². The molecule has 0 bridgehead atoms. The average molecular weight is 588 g/mol. The number of carboxylic acids is 1. The molecule has 0 amide bonds. The lowest BCUT2D eigenvalue weighted by Gasteiger charge is -2.08. The van der Waals surface area contributed by atoms with Crippen LogP contribution < -0.4 is 10.9 Å². The van der Waals surface area contributed by atoms with Crippen molar-refractivity contribution in [1.82, 2.24) is 14.3 Å². The number of hydrogen-bond donors (Lipinski definition) is 2. The van der Waals surface area contributed by atoms with E-state index in [9.17, 15) is 29.5 Å². The number of aromatic carboxylic acids is 1. The number of nitrogens with zero attached hydrogens (tertiary/aromatic N) is 4. The molecule has 5 aromatic rings. The second-order valence-corrected chi connectivity index (χ2v) is 10.4. The van der Waals surface area contributed by atoms with Gasteiger partial charge in [0.15, 0.2) is 5.76 Å². The number of ketones is 1. The quantitative estimate of drug-likeness (QED) is 0.231. The SMILES string of the molecule is N#Cc1c(-c2cc(NCc3ccc(Cl)s3)n(C(=O)c3ccc(C(=O)O)cc3)n2)ccn(CC(=O)c2ccco2)c1=O. The molecule has 41 heavy (non-hydrogen) atoms. The van der Waals surface area contributed by atoms with Crippen molar-refractivity contribution in [1.29, 1.82) is 5.26 Å². The highest BCUT2D eigenvalue weighted by Crippen LogP contribution is 2.27. The summed E-state index contributed by atoms with van der Waals surface area (Å²) in [6.45, 7) is -0.0356. The van der Waals surface area contributed by atoms with Crippen molar-refractivity contribution in [3.63, 3.8) is 0 Å². The number of carbonyl (C=O) groups is 3. The third kappa shape index (κ3) is 5.72. The van der Waals surface area contributed by atoms with Crippen LogP contribution >= 0.6 is 22.9 Å². The van der Waals surface area contributed by atoms with Crippen molar-refractivity contribution in [2.45, 2.75) is 13.1 Å². The van der Waals surface area contributed by atoms with Gasteiger partial charge in [-0.15, -0.1) is 11.3 Å². The van der Waals surface area contributed by atoms with Crippen LogP contribution in [0.4, 0.5) is 5.82 Å². The number of nitrogens with one attached hydrogen (secondary N) is 1. The van der Waals surface area contributed by atoms with Crippen molar-refractivity contribution in [2.24, 2.45) is 0 Å². The van der Waals surface area contributed by atoms with Crippen LogP contribution in [0.2, 0.25) is 4.34 Å². The summed E-state index contributed by atoms with van der Waals surface area (Å²) in [7, 11) is 0. The van der Waals surface area contributed by atoms with Crippen LogP contribution in [0.25, 0.3) is 11.3 Å². The number of hydrogen-bond acceptors (Lipinski definition) is 9. The zero-order valence-corrected chi connectivity index (χ0v) is 22.5. The van der Waals surface area contributed by atoms with E-state index in [0.717, 1.165) is 14.1 Å². The summed E-state index contributed by atoms with van der Waals surface area (Å²) >= 11 is 7.38. The summed E-state index contributed by atoms with van der Waals surface area (Å²) in [6.07, 6.45) is 2.71. The number of carbonyl (C=O) groups excluding carboxylic acids is 2. The third-order valence-corrected chi connectivity index (χ3v) is 7.25. The summed E-state index contributed by atoms with van der Waals surface area (Å²) < 4.78 is 7.85. The summed E-state index contributed by atoms with van der Waals surface area (Å²) in [5.74, 6) is -1.81. The second kappa shape index (κ2) is 11.5. The minimum absolute atomic E-state index is 0.0142. The van der Waals surface area contributed by atoms with E-state index >= 15 is 0 Å². The van der Waals surface area contributed by atoms with E-state index in [1.165, 1.54) is 66.3 Å². The Morgan fingerprint density at radius 2 is 1.85 bits per heavy atom. The Balaban J connectivity index is 1.52. The fourth-order valence-corrected chi connectivity index (χ4v) is 5.01. The molecule has 4 heterocycles. The topological polar surface area (TPSA) is 160 Å². The molecule has 5 rings (SSSR count). The lowest BCUT2D eigenvalue weighted by atomic mass is 10.1. The largest absolute Gasteiger partial charge is 0.478 e. The van der Waals surface area contributed by atoms with Crippen LogP contribution in [0, 0.1) is 11.3 Å². The van der Waals surface area contributed by atoms with Crippen LogP contribution in [0.1, 0.15) is 41.7 Å². The molecule has 0 spiro atoms. The lowest BCUT2D eigenvalue weighted by Crippen LogP contribution is -2.26. The highest BCUT2D eigenvalue weighted by molar-refractivity contribution is 7.16. The lowest BCUT2D eigenvalue weighted by molar-refractivity contribution is 0.0696. The highest BCUT2D eigenvalue weighted by Gasteiger charge is 2.22. The molecule has 0 aliphatic carbocycles. The summed E-state index contributed by atoms with van der Waals surface area (Å²) in [5.41, 5.74) is -0.476. The van der Waals surface area contributed by atoms with Gasteiger partial charge in [0.25, 0.3) is 11.5 Å². The maximum atomic E-state index is 13.4. The van der Waals surface area contributed by atoms with E-state index < -0.39 is 23.2 Å². The van der Waals surface area contributed by atoms with E-state index in [-0.39, 0.29) is 46.1 Å². The van der Waals surface area contributed by atoms with Gasteiger partial charge in [0.05, 0.1) is 34.9 Å². The van der Waals surface area contributed by atoms with Gasteiger partial charge in [-0.1, -0.05) is 11.6 Å². The predicted octanol–water partition coefficient (Wildman–Crippen LogP) is 4.77. The van der Waals surface area contributed by atoms with Gasteiger partial charge in [0.2, 0.25) is 5.78 Å². The summed E-state index contributed by atoms with van der Waals surface area (Å²) in [5, 5.41) is 26.6. The monoisotopic (exact) mass is 587 g/mol. The van der Waals surface area contributed by atoms with Gasteiger partial charge in [-0.2, -0.15) is 15.0 Å². The highest BCUT2D eigenvalue weighted by atomic mass is 35.5. The number of rotatable bonds is 9. The number of nitriles is 1. The van der Waals surface area contributed by atoms with Crippen molar-refractivity contribution >= 4 is 46.4 Å². The first-order valence-electron chi connectivity index (χ1n) is 11.9. The minimum Gasteiger partial charge on any atom is -0.478 e. The number of thiophene rings is 1. The van der Waals surface area contributed by atoms with E-state index in [1.807, 2.05) is 12.1 Å². The molecule has 0 saturated heterocycles. The zero-order valence-electron chi connectivity index (χ0n) is 20.9. The number of aromatic nitrogens is 3. The van der Waals surface area contributed by atoms with Gasteiger partial charge in [-0.3, -0.25) is 14.4 Å². The number of halogens is 1. The second-order valence-electron chi connectivity index (χ2n) is 8.62. The van der Waals surface area contributed by atoms with E-state index in [1.54, 1.807) is 12.1 Å². The van der Waals surface area contributed by atoms with Crippen LogP contribution in [-0.2, 0) is 13.1 Å². The van der Waals surface area contributed by atoms with Crippen LogP contribution in [0.3, 0.4) is 0 Å². The molecule has 1 aromatic carbocycles. The smallest absolute Gasteiger partial charge is 0.335 e. The molecule has 0 atom stereocenters. The molecule has 13 heteroatoms. The number of Topliss-reactive ketones (excluding diaryl/α,β-unsaturated/α-hetero) is 1. The summed E-state index contributed by atoms with van der Waals surface area (Å²) in [4.78, 5) is 51.1. The first kappa shape index (κ1) is 27.3. The molecular formula is C28H18ClN5O6S. The van der Waals surface area contributed by atoms with Crippen LogP contribution in [0.15, 0.2) is 82.3 Å². The minimum atomic E-state index is -1.13. The first-order chi connectivity index (χ1) is 19.7. The fourth-order valence-electron chi connectivity index (χ4n) is 3.99. The average Bonchev–Trinajstić information content (AvgIpc) is 3.74. The molecule has 0 aliphatic heterocycles. The third-order valence-electron chi connectivity index (χ3n) is 6.02. The van der Waals surface area contributed by atoms with Gasteiger partial charge in [0.1, 0.15) is 17.5 Å². The van der Waals surface area contributed by atoms with Gasteiger partial charge < -0.3 is 19.4 Å². The Hall–Kier alpha value is -5.25. The normalized spacial score (nSPS) is 10.7. The predicted molar refractivity (Wildman–Crippen MR) is 149 cm³/mol. The molecule has 0 unspecified atom stereocenters. The van der Waals surface area contributed by atoms with Gasteiger partial charge >= 0.3 is 5.97 Å². The Morgan fingerprint density at radius 3 is 2.49 bits per heavy atom. The Labute approximate surface area is 240 Å². The molecule has 11 nitrogen and oxygen atoms in total. The van der Waals surface area contributed by atoms with Crippen molar-refractivity contribution in [3.8, 4) is 17.3 Å². The number of carboxylic acid groups (broad SMARTS) is 1. The number of pyridine rings is 1. The molecule has 0 fully saturated rings. The Morgan fingerprint density at radius 1 is 1.10 bits per heavy atom. The molecule has 0 saturated carbocycles. The van der Waals surface area contributed by atoms with E-state index in [4.69, 9.17) is 16.0 Å². The van der Waals surface area contributed by atoms with Crippen LogP contribution in [-0.4, -0.2) is 37.1 Å². The number of furan rings is 1. The number of anilines is 1. The van der Waals surface area contributed by atoms with Gasteiger partial charge in [-0.05, 0) is 54.6 Å². The fraction of sp³-hybridized carbons (Fsp3) is 0.0714.